The molecule has 5 atom stereocenters. The summed E-state index contributed by atoms with van der Waals surface area (Å²) in [7, 11) is 0. The van der Waals surface area contributed by atoms with Gasteiger partial charge < -0.3 is 34.1 Å². The maximum Gasteiger partial charge on any atom is 0.303 e. The molecule has 0 aromatic carbocycles. The molecule has 0 aromatic rings. The van der Waals surface area contributed by atoms with Crippen LogP contribution in [0.25, 0.3) is 0 Å². The van der Waals surface area contributed by atoms with E-state index in [2.05, 4.69) is 5.32 Å². The Balaban J connectivity index is 3.22. The van der Waals surface area contributed by atoms with Crippen molar-refractivity contribution in [3.63, 3.8) is 0 Å². The highest BCUT2D eigenvalue weighted by molar-refractivity contribution is 5.73. The van der Waals surface area contributed by atoms with Gasteiger partial charge in [-0.15, -0.1) is 0 Å². The van der Waals surface area contributed by atoms with E-state index in [4.69, 9.17) is 28.8 Å². The highest BCUT2D eigenvalue weighted by Crippen LogP contribution is 2.27. The second-order valence-electron chi connectivity index (χ2n) is 5.81. The molecule has 0 saturated carbocycles. The van der Waals surface area contributed by atoms with Crippen molar-refractivity contribution in [1.82, 2.24) is 5.32 Å². The molecule has 0 bridgehead atoms. The fourth-order valence-electron chi connectivity index (χ4n) is 2.60. The third-order valence-corrected chi connectivity index (χ3v) is 3.44. The van der Waals surface area contributed by atoms with Crippen LogP contribution >= 0.6 is 0 Å². The van der Waals surface area contributed by atoms with Crippen molar-refractivity contribution in [2.24, 2.45) is 0 Å². The van der Waals surface area contributed by atoms with Crippen LogP contribution in [0.2, 0.25) is 0 Å². The smallest absolute Gasteiger partial charge is 0.303 e. The number of carbonyl (C=O) groups is 4. The molecule has 1 amide bonds. The van der Waals surface area contributed by atoms with E-state index in [1.165, 1.54) is 13.8 Å². The van der Waals surface area contributed by atoms with Crippen molar-refractivity contribution in [1.29, 1.82) is 0 Å². The normalized spacial score (nSPS) is 27.4. The lowest BCUT2D eigenvalue weighted by atomic mass is 9.96. The molecule has 1 fully saturated rings. The predicted octanol–water partition coefficient (Wildman–Crippen LogP) is -1.35. The van der Waals surface area contributed by atoms with E-state index in [9.17, 15) is 19.2 Å². The minimum Gasteiger partial charge on any atom is -0.463 e. The van der Waals surface area contributed by atoms with E-state index in [-0.39, 0.29) is 19.8 Å². The van der Waals surface area contributed by atoms with Crippen LogP contribution in [0, 0.1) is 0 Å². The second-order valence-corrected chi connectivity index (χ2v) is 5.81. The number of nitrogens with one attached hydrogen (secondary N) is 1. The van der Waals surface area contributed by atoms with E-state index in [0.29, 0.717) is 0 Å². The molecule has 1 heterocycles. The first kappa shape index (κ1) is 22.8. The van der Waals surface area contributed by atoms with Crippen molar-refractivity contribution in [3.8, 4) is 0 Å². The van der Waals surface area contributed by atoms with Gasteiger partial charge in [0.1, 0.15) is 18.8 Å². The number of aliphatic hydroxyl groups is 1. The highest BCUT2D eigenvalue weighted by Gasteiger charge is 2.51. The Hall–Kier alpha value is -2.24. The zero-order valence-corrected chi connectivity index (χ0v) is 15.6. The number of aliphatic hydroxyl groups excluding tert-OH is 1. The van der Waals surface area contributed by atoms with Gasteiger partial charge in [-0.25, -0.2) is 0 Å². The van der Waals surface area contributed by atoms with Crippen LogP contribution in [0.5, 0.6) is 0 Å². The van der Waals surface area contributed by atoms with Crippen LogP contribution in [0.1, 0.15) is 27.7 Å². The van der Waals surface area contributed by atoms with E-state index in [0.717, 1.165) is 13.8 Å². The summed E-state index contributed by atoms with van der Waals surface area (Å²) in [5, 5.41) is 11.5. The largest absolute Gasteiger partial charge is 0.463 e. The van der Waals surface area contributed by atoms with Crippen molar-refractivity contribution in [2.75, 3.05) is 19.8 Å². The van der Waals surface area contributed by atoms with E-state index in [1.807, 2.05) is 0 Å². The summed E-state index contributed by atoms with van der Waals surface area (Å²) in [5.41, 5.74) is 0. The van der Waals surface area contributed by atoms with E-state index < -0.39 is 54.5 Å². The van der Waals surface area contributed by atoms with Gasteiger partial charge in [-0.1, -0.05) is 0 Å². The number of hydrogen-bond acceptors (Lipinski definition) is 10. The maximum absolute atomic E-state index is 11.6. The van der Waals surface area contributed by atoms with Gasteiger partial charge in [0.05, 0.1) is 13.2 Å². The molecule has 0 aliphatic carbocycles. The summed E-state index contributed by atoms with van der Waals surface area (Å²) in [5.74, 6) is -2.45. The molecule has 1 aliphatic rings. The Morgan fingerprint density at radius 2 is 1.56 bits per heavy atom. The quantitative estimate of drug-likeness (QED) is 0.376. The van der Waals surface area contributed by atoms with Crippen molar-refractivity contribution in [3.05, 3.63) is 0 Å². The fraction of sp³-hybridized carbons (Fsp3) is 0.750. The molecular formula is C16H25NO10. The van der Waals surface area contributed by atoms with E-state index >= 15 is 0 Å². The summed E-state index contributed by atoms with van der Waals surface area (Å²) in [6.07, 6.45) is -4.53. The predicted molar refractivity (Wildman–Crippen MR) is 87.0 cm³/mol. The minimum absolute atomic E-state index is 0.133. The molecule has 0 aromatic heterocycles. The topological polar surface area (TPSA) is 147 Å². The summed E-state index contributed by atoms with van der Waals surface area (Å²) >= 11 is 0. The lowest BCUT2D eigenvalue weighted by molar-refractivity contribution is -0.278. The van der Waals surface area contributed by atoms with Gasteiger partial charge in [0.25, 0.3) is 0 Å². The lowest BCUT2D eigenvalue weighted by Crippen LogP contribution is -2.66. The molecule has 11 heteroatoms. The molecule has 154 valence electrons. The van der Waals surface area contributed by atoms with Crippen molar-refractivity contribution in [2.45, 2.75) is 58.3 Å². The van der Waals surface area contributed by atoms with Crippen molar-refractivity contribution < 1.29 is 48.0 Å². The monoisotopic (exact) mass is 391 g/mol. The first-order valence-corrected chi connectivity index (χ1v) is 8.28. The molecule has 0 unspecified atom stereocenters. The highest BCUT2D eigenvalue weighted by atomic mass is 16.7. The van der Waals surface area contributed by atoms with Gasteiger partial charge in [0.2, 0.25) is 5.91 Å². The molecule has 1 saturated heterocycles. The first-order chi connectivity index (χ1) is 12.6. The molecule has 2 N–H and O–H groups in total. The molecule has 11 nitrogen and oxygen atoms in total. The molecule has 1 rings (SSSR count). The summed E-state index contributed by atoms with van der Waals surface area (Å²) < 4.78 is 26.5. The van der Waals surface area contributed by atoms with Gasteiger partial charge in [-0.3, -0.25) is 19.2 Å². The average molecular weight is 391 g/mol. The van der Waals surface area contributed by atoms with Gasteiger partial charge in [-0.2, -0.15) is 0 Å². The zero-order chi connectivity index (χ0) is 20.6. The zero-order valence-electron chi connectivity index (χ0n) is 15.6. The molecule has 0 radical (unpaired) electrons. The Kier molecular flexibility index (Phi) is 9.12. The van der Waals surface area contributed by atoms with Crippen LogP contribution in [-0.4, -0.2) is 79.4 Å². The Bertz CT molecular complexity index is 551. The lowest BCUT2D eigenvalue weighted by Gasteiger charge is -2.44. The SMILES string of the molecule is CC(=O)N[C@H]1[C@H](OCCO)O[C@H](COC(C)=O)[C@H](OC(C)=O)[C@@H]1OC(C)=O. The number of amides is 1. The summed E-state index contributed by atoms with van der Waals surface area (Å²) in [6, 6.07) is -1.03. The molecule has 0 spiro atoms. The number of hydrogen-bond donors (Lipinski definition) is 2. The van der Waals surface area contributed by atoms with Crippen LogP contribution in [-0.2, 0) is 42.9 Å². The Morgan fingerprint density at radius 3 is 2.04 bits per heavy atom. The number of carbonyl (C=O) groups excluding carboxylic acids is 4. The third-order valence-electron chi connectivity index (χ3n) is 3.44. The second kappa shape index (κ2) is 10.8. The molecular weight excluding hydrogens is 366 g/mol. The maximum atomic E-state index is 11.6. The van der Waals surface area contributed by atoms with Gasteiger partial charge in [0.15, 0.2) is 18.5 Å². The first-order valence-electron chi connectivity index (χ1n) is 8.28. The van der Waals surface area contributed by atoms with Gasteiger partial charge in [0, 0.05) is 27.7 Å². The number of rotatable bonds is 8. The van der Waals surface area contributed by atoms with Gasteiger partial charge in [-0.05, 0) is 0 Å². The third kappa shape index (κ3) is 7.49. The minimum atomic E-state index is -1.17. The standard InChI is InChI=1S/C16H25NO10/c1-8(19)17-13-15(26-11(4)22)14(25-10(3)21)12(7-24-9(2)20)27-16(13)23-6-5-18/h12-16,18H,5-7H2,1-4H3,(H,17,19)/t12-,13-,14+,15-,16-/m1/s1. The summed E-state index contributed by atoms with van der Waals surface area (Å²) in [6.45, 7) is 3.95. The van der Waals surface area contributed by atoms with Gasteiger partial charge >= 0.3 is 17.9 Å². The van der Waals surface area contributed by atoms with Crippen LogP contribution in [0.4, 0.5) is 0 Å². The number of ether oxygens (including phenoxy) is 5. The average Bonchev–Trinajstić information content (AvgIpc) is 2.54. The van der Waals surface area contributed by atoms with Crippen LogP contribution < -0.4 is 5.32 Å². The van der Waals surface area contributed by atoms with E-state index in [1.54, 1.807) is 0 Å². The van der Waals surface area contributed by atoms with Crippen LogP contribution in [0.3, 0.4) is 0 Å². The molecule has 1 aliphatic heterocycles. The van der Waals surface area contributed by atoms with Crippen molar-refractivity contribution >= 4 is 23.8 Å². The fourth-order valence-corrected chi connectivity index (χ4v) is 2.60. The van der Waals surface area contributed by atoms with Crippen LogP contribution in [0.15, 0.2) is 0 Å². The number of esters is 3. The molecule has 27 heavy (non-hydrogen) atoms. The summed E-state index contributed by atoms with van der Waals surface area (Å²) in [4.78, 5) is 45.9. The Morgan fingerprint density at radius 1 is 0.963 bits per heavy atom. The Labute approximate surface area is 156 Å².